The van der Waals surface area contributed by atoms with Crippen LogP contribution in [0.15, 0.2) is 38.0 Å². The van der Waals surface area contributed by atoms with Gasteiger partial charge in [0.1, 0.15) is 0 Å². The van der Waals surface area contributed by atoms with Gasteiger partial charge in [-0.1, -0.05) is 82.4 Å². The highest BCUT2D eigenvalue weighted by atomic mass is 16.5. The molecule has 0 fully saturated rings. The molecule has 0 aliphatic rings. The zero-order valence-corrected chi connectivity index (χ0v) is 19.9. The van der Waals surface area contributed by atoms with Gasteiger partial charge in [-0.05, 0) is 57.8 Å². The Morgan fingerprint density at radius 1 is 0.567 bits per heavy atom. The van der Waals surface area contributed by atoms with Crippen molar-refractivity contribution in [1.82, 2.24) is 0 Å². The molecule has 2 nitrogen and oxygen atoms in total. The SMILES string of the molecule is C=CCCCCCCCCOC(=O)C(CCCCC=C)CCCCCCCCC=C. The molecule has 0 aromatic carbocycles. The molecule has 0 saturated carbocycles. The molecule has 0 heterocycles. The maximum Gasteiger partial charge on any atom is 0.308 e. The van der Waals surface area contributed by atoms with Crippen LogP contribution < -0.4 is 0 Å². The highest BCUT2D eigenvalue weighted by Crippen LogP contribution is 2.20. The van der Waals surface area contributed by atoms with Gasteiger partial charge in [0, 0.05) is 0 Å². The van der Waals surface area contributed by atoms with E-state index in [-0.39, 0.29) is 11.9 Å². The van der Waals surface area contributed by atoms with Crippen molar-refractivity contribution >= 4 is 5.97 Å². The first-order chi connectivity index (χ1) is 14.8. The van der Waals surface area contributed by atoms with Gasteiger partial charge in [-0.2, -0.15) is 0 Å². The number of rotatable bonds is 24. The first-order valence-electron chi connectivity index (χ1n) is 12.8. The summed E-state index contributed by atoms with van der Waals surface area (Å²) >= 11 is 0. The monoisotopic (exact) mass is 418 g/mol. The molecular formula is C28H50O2. The molecule has 0 saturated heterocycles. The lowest BCUT2D eigenvalue weighted by Crippen LogP contribution is -2.18. The second kappa shape index (κ2) is 24.0. The predicted octanol–water partition coefficient (Wildman–Crippen LogP) is 9.12. The van der Waals surface area contributed by atoms with Gasteiger partial charge in [0.15, 0.2) is 0 Å². The van der Waals surface area contributed by atoms with E-state index in [0.29, 0.717) is 6.61 Å². The summed E-state index contributed by atoms with van der Waals surface area (Å²) in [6.07, 6.45) is 28.2. The van der Waals surface area contributed by atoms with E-state index >= 15 is 0 Å². The van der Waals surface area contributed by atoms with Crippen LogP contribution in [0.5, 0.6) is 0 Å². The number of carbonyl (C=O) groups excluding carboxylic acids is 1. The number of esters is 1. The Labute approximate surface area is 188 Å². The molecule has 2 heteroatoms. The Hall–Kier alpha value is -1.31. The van der Waals surface area contributed by atoms with Crippen LogP contribution in [-0.2, 0) is 9.53 Å². The first kappa shape index (κ1) is 28.7. The minimum absolute atomic E-state index is 0.0468. The van der Waals surface area contributed by atoms with Gasteiger partial charge in [-0.3, -0.25) is 4.79 Å². The van der Waals surface area contributed by atoms with E-state index in [0.717, 1.165) is 64.2 Å². The summed E-state index contributed by atoms with van der Waals surface area (Å²) in [4.78, 5) is 12.6. The van der Waals surface area contributed by atoms with Crippen molar-refractivity contribution < 1.29 is 9.53 Å². The van der Waals surface area contributed by atoms with E-state index in [1.165, 1.54) is 57.8 Å². The highest BCUT2D eigenvalue weighted by Gasteiger charge is 2.19. The zero-order chi connectivity index (χ0) is 22.1. The Morgan fingerprint density at radius 3 is 1.43 bits per heavy atom. The molecular weight excluding hydrogens is 368 g/mol. The number of ether oxygens (including phenoxy) is 1. The lowest BCUT2D eigenvalue weighted by atomic mass is 9.94. The zero-order valence-electron chi connectivity index (χ0n) is 19.9. The van der Waals surface area contributed by atoms with Gasteiger partial charge >= 0.3 is 5.97 Å². The van der Waals surface area contributed by atoms with E-state index in [4.69, 9.17) is 4.74 Å². The maximum absolute atomic E-state index is 12.6. The average molecular weight is 419 g/mol. The number of unbranched alkanes of at least 4 members (excludes halogenated alkanes) is 14. The smallest absolute Gasteiger partial charge is 0.308 e. The Bertz CT molecular complexity index is 413. The van der Waals surface area contributed by atoms with Crippen LogP contribution in [-0.4, -0.2) is 12.6 Å². The fraction of sp³-hybridized carbons (Fsp3) is 0.750. The molecule has 174 valence electrons. The van der Waals surface area contributed by atoms with Crippen molar-refractivity contribution in [2.24, 2.45) is 5.92 Å². The van der Waals surface area contributed by atoms with E-state index in [1.54, 1.807) is 0 Å². The lowest BCUT2D eigenvalue weighted by Gasteiger charge is -2.16. The third kappa shape index (κ3) is 20.0. The second-order valence-corrected chi connectivity index (χ2v) is 8.62. The molecule has 0 aliphatic heterocycles. The summed E-state index contributed by atoms with van der Waals surface area (Å²) in [5, 5.41) is 0. The number of hydrogen-bond acceptors (Lipinski definition) is 2. The van der Waals surface area contributed by atoms with Crippen LogP contribution >= 0.6 is 0 Å². The van der Waals surface area contributed by atoms with Crippen molar-refractivity contribution in [1.29, 1.82) is 0 Å². The molecule has 0 spiro atoms. The van der Waals surface area contributed by atoms with Crippen molar-refractivity contribution in [2.45, 2.75) is 122 Å². The molecule has 30 heavy (non-hydrogen) atoms. The molecule has 0 aromatic heterocycles. The average Bonchev–Trinajstić information content (AvgIpc) is 2.75. The van der Waals surface area contributed by atoms with Crippen LogP contribution in [0.1, 0.15) is 122 Å². The van der Waals surface area contributed by atoms with Gasteiger partial charge in [0.2, 0.25) is 0 Å². The molecule has 0 rings (SSSR count). The van der Waals surface area contributed by atoms with Gasteiger partial charge in [0.25, 0.3) is 0 Å². The van der Waals surface area contributed by atoms with Crippen LogP contribution in [0.2, 0.25) is 0 Å². The Balaban J connectivity index is 3.94. The molecule has 0 radical (unpaired) electrons. The number of allylic oxidation sites excluding steroid dienone is 3. The molecule has 1 unspecified atom stereocenters. The molecule has 0 aliphatic carbocycles. The van der Waals surface area contributed by atoms with E-state index in [9.17, 15) is 4.79 Å². The topological polar surface area (TPSA) is 26.3 Å². The second-order valence-electron chi connectivity index (χ2n) is 8.62. The molecule has 0 N–H and O–H groups in total. The lowest BCUT2D eigenvalue weighted by molar-refractivity contribution is -0.149. The number of carbonyl (C=O) groups is 1. The van der Waals surface area contributed by atoms with Crippen molar-refractivity contribution in [3.63, 3.8) is 0 Å². The fourth-order valence-corrected chi connectivity index (χ4v) is 3.83. The summed E-state index contributed by atoms with van der Waals surface area (Å²) in [6, 6.07) is 0. The minimum atomic E-state index is 0.0468. The largest absolute Gasteiger partial charge is 0.465 e. The van der Waals surface area contributed by atoms with Crippen molar-refractivity contribution in [2.75, 3.05) is 6.61 Å². The summed E-state index contributed by atoms with van der Waals surface area (Å²) in [5.41, 5.74) is 0. The maximum atomic E-state index is 12.6. The molecule has 0 amide bonds. The minimum Gasteiger partial charge on any atom is -0.465 e. The van der Waals surface area contributed by atoms with Gasteiger partial charge in [-0.25, -0.2) is 0 Å². The Morgan fingerprint density at radius 2 is 0.933 bits per heavy atom. The third-order valence-electron chi connectivity index (χ3n) is 5.80. The summed E-state index contributed by atoms with van der Waals surface area (Å²) in [6.45, 7) is 11.9. The van der Waals surface area contributed by atoms with Gasteiger partial charge in [0.05, 0.1) is 12.5 Å². The van der Waals surface area contributed by atoms with E-state index in [2.05, 4.69) is 19.7 Å². The van der Waals surface area contributed by atoms with Crippen molar-refractivity contribution in [3.8, 4) is 0 Å². The third-order valence-corrected chi connectivity index (χ3v) is 5.80. The van der Waals surface area contributed by atoms with Crippen LogP contribution in [0.3, 0.4) is 0 Å². The molecule has 0 aromatic rings. The van der Waals surface area contributed by atoms with Gasteiger partial charge < -0.3 is 4.74 Å². The van der Waals surface area contributed by atoms with Crippen LogP contribution in [0.4, 0.5) is 0 Å². The Kier molecular flexibility index (Phi) is 22.9. The normalized spacial score (nSPS) is 11.7. The highest BCUT2D eigenvalue weighted by molar-refractivity contribution is 5.72. The predicted molar refractivity (Wildman–Crippen MR) is 133 cm³/mol. The number of hydrogen-bond donors (Lipinski definition) is 0. The first-order valence-corrected chi connectivity index (χ1v) is 12.8. The van der Waals surface area contributed by atoms with Gasteiger partial charge in [-0.15, -0.1) is 19.7 Å². The summed E-state index contributed by atoms with van der Waals surface area (Å²) in [5.74, 6) is 0.139. The molecule has 1 atom stereocenters. The van der Waals surface area contributed by atoms with E-state index < -0.39 is 0 Å². The summed E-state index contributed by atoms with van der Waals surface area (Å²) < 4.78 is 5.65. The van der Waals surface area contributed by atoms with Crippen molar-refractivity contribution in [3.05, 3.63) is 38.0 Å². The summed E-state index contributed by atoms with van der Waals surface area (Å²) in [7, 11) is 0. The standard InChI is InChI=1S/C28H50O2/c1-4-7-10-13-15-17-19-22-25-27(24-21-12-9-6-3)28(29)30-26-23-20-18-16-14-11-8-5-2/h4-6,27H,1-3,7-26H2. The van der Waals surface area contributed by atoms with Crippen LogP contribution in [0, 0.1) is 5.92 Å². The molecule has 0 bridgehead atoms. The quantitative estimate of drug-likeness (QED) is 0.0887. The van der Waals surface area contributed by atoms with Crippen LogP contribution in [0.25, 0.3) is 0 Å². The fourth-order valence-electron chi connectivity index (χ4n) is 3.83. The van der Waals surface area contributed by atoms with E-state index in [1.807, 2.05) is 18.2 Å².